The predicted octanol–water partition coefficient (Wildman–Crippen LogP) is 3.56. The molecule has 1 heterocycles. The maximum absolute atomic E-state index is 12.5. The number of hydrogen-bond acceptors (Lipinski definition) is 6. The van der Waals surface area contributed by atoms with Crippen LogP contribution in [0.4, 0.5) is 11.6 Å². The van der Waals surface area contributed by atoms with Gasteiger partial charge in [0.25, 0.3) is 5.91 Å². The highest BCUT2D eigenvalue weighted by Gasteiger charge is 2.15. The van der Waals surface area contributed by atoms with Crippen molar-refractivity contribution in [1.29, 1.82) is 0 Å². The van der Waals surface area contributed by atoms with Crippen LogP contribution in [-0.2, 0) is 11.2 Å². The van der Waals surface area contributed by atoms with E-state index in [1.165, 1.54) is 18.0 Å². The maximum Gasteiger partial charge on any atom is 0.340 e. The third-order valence-corrected chi connectivity index (χ3v) is 4.12. The Balaban J connectivity index is 1.59. The molecular weight excluding hydrogens is 368 g/mol. The molecule has 0 aliphatic carbocycles. The first kappa shape index (κ1) is 20.0. The van der Waals surface area contributed by atoms with Crippen molar-refractivity contribution in [2.75, 3.05) is 23.8 Å². The minimum absolute atomic E-state index is 0.258. The highest BCUT2D eigenvalue weighted by molar-refractivity contribution is 6.07. The summed E-state index contributed by atoms with van der Waals surface area (Å²) in [7, 11) is 0. The number of anilines is 2. The fourth-order valence-corrected chi connectivity index (χ4v) is 2.67. The van der Waals surface area contributed by atoms with Crippen molar-refractivity contribution < 1.29 is 14.3 Å². The van der Waals surface area contributed by atoms with Crippen LogP contribution < -0.4 is 10.6 Å². The molecule has 3 rings (SSSR count). The van der Waals surface area contributed by atoms with Crippen molar-refractivity contribution in [3.8, 4) is 0 Å². The van der Waals surface area contributed by atoms with Gasteiger partial charge in [-0.15, -0.1) is 0 Å². The van der Waals surface area contributed by atoms with Crippen molar-refractivity contribution >= 4 is 23.5 Å². The van der Waals surface area contributed by atoms with Gasteiger partial charge in [0, 0.05) is 18.9 Å². The molecule has 3 aromatic rings. The fourth-order valence-electron chi connectivity index (χ4n) is 2.67. The van der Waals surface area contributed by atoms with Crippen LogP contribution in [0.5, 0.6) is 0 Å². The molecule has 29 heavy (non-hydrogen) atoms. The Morgan fingerprint density at radius 2 is 1.66 bits per heavy atom. The molecule has 0 fully saturated rings. The molecule has 148 valence electrons. The van der Waals surface area contributed by atoms with Gasteiger partial charge in [0.2, 0.25) is 5.95 Å². The number of para-hydroxylation sites is 1. The van der Waals surface area contributed by atoms with E-state index in [9.17, 15) is 9.59 Å². The molecule has 1 amide bonds. The molecule has 2 aromatic carbocycles. The SMILES string of the molecule is CCOC(=O)c1ccccc1NC(=O)c1cnc(NCCc2ccccc2)nc1. The Morgan fingerprint density at radius 1 is 0.966 bits per heavy atom. The quantitative estimate of drug-likeness (QED) is 0.571. The number of esters is 1. The standard InChI is InChI=1S/C22H22N4O3/c1-2-29-21(28)18-10-6-7-11-19(18)26-20(27)17-14-24-22(25-15-17)23-13-12-16-8-4-3-5-9-16/h3-11,14-15H,2,12-13H2,1H3,(H,26,27)(H,23,24,25). The molecular formula is C22H22N4O3. The topological polar surface area (TPSA) is 93.2 Å². The third-order valence-electron chi connectivity index (χ3n) is 4.12. The summed E-state index contributed by atoms with van der Waals surface area (Å²) >= 11 is 0. The smallest absolute Gasteiger partial charge is 0.340 e. The molecule has 0 spiro atoms. The second-order valence-electron chi connectivity index (χ2n) is 6.18. The van der Waals surface area contributed by atoms with Gasteiger partial charge in [-0.3, -0.25) is 4.79 Å². The molecule has 7 nitrogen and oxygen atoms in total. The van der Waals surface area contributed by atoms with Gasteiger partial charge in [0.05, 0.1) is 23.4 Å². The van der Waals surface area contributed by atoms with Crippen LogP contribution in [0.15, 0.2) is 67.0 Å². The largest absolute Gasteiger partial charge is 0.462 e. The lowest BCUT2D eigenvalue weighted by atomic mass is 10.1. The van der Waals surface area contributed by atoms with Crippen LogP contribution in [0.25, 0.3) is 0 Å². The summed E-state index contributed by atoms with van der Waals surface area (Å²) in [6.07, 6.45) is 3.73. The zero-order chi connectivity index (χ0) is 20.5. The van der Waals surface area contributed by atoms with Crippen LogP contribution >= 0.6 is 0 Å². The number of ether oxygens (including phenoxy) is 1. The van der Waals surface area contributed by atoms with Crippen LogP contribution in [0.2, 0.25) is 0 Å². The second kappa shape index (κ2) is 9.98. The molecule has 0 bridgehead atoms. The minimum Gasteiger partial charge on any atom is -0.462 e. The summed E-state index contributed by atoms with van der Waals surface area (Å²) < 4.78 is 5.02. The number of nitrogens with one attached hydrogen (secondary N) is 2. The predicted molar refractivity (Wildman–Crippen MR) is 111 cm³/mol. The molecule has 0 radical (unpaired) electrons. The van der Waals surface area contributed by atoms with E-state index in [0.29, 0.717) is 23.7 Å². The van der Waals surface area contributed by atoms with Crippen LogP contribution in [0, 0.1) is 0 Å². The van der Waals surface area contributed by atoms with E-state index in [1.807, 2.05) is 18.2 Å². The number of nitrogens with zero attached hydrogens (tertiary/aromatic N) is 2. The monoisotopic (exact) mass is 390 g/mol. The average Bonchev–Trinajstić information content (AvgIpc) is 2.75. The van der Waals surface area contributed by atoms with Gasteiger partial charge >= 0.3 is 5.97 Å². The molecule has 0 unspecified atom stereocenters. The Morgan fingerprint density at radius 3 is 2.38 bits per heavy atom. The number of rotatable bonds is 8. The summed E-state index contributed by atoms with van der Waals surface area (Å²) in [5.74, 6) is -0.445. The number of hydrogen-bond donors (Lipinski definition) is 2. The van der Waals surface area contributed by atoms with E-state index < -0.39 is 11.9 Å². The second-order valence-corrected chi connectivity index (χ2v) is 6.18. The Hall–Kier alpha value is -3.74. The molecule has 1 aromatic heterocycles. The molecule has 0 aliphatic heterocycles. The molecule has 0 atom stereocenters. The number of carbonyl (C=O) groups is 2. The minimum atomic E-state index is -0.488. The average molecular weight is 390 g/mol. The Labute approximate surface area is 169 Å². The first-order chi connectivity index (χ1) is 14.2. The van der Waals surface area contributed by atoms with E-state index in [2.05, 4.69) is 32.7 Å². The molecule has 0 saturated heterocycles. The lowest BCUT2D eigenvalue weighted by Crippen LogP contribution is -2.17. The van der Waals surface area contributed by atoms with Gasteiger partial charge in [0.1, 0.15) is 0 Å². The van der Waals surface area contributed by atoms with Crippen LogP contribution in [0.3, 0.4) is 0 Å². The summed E-state index contributed by atoms with van der Waals surface area (Å²) in [6.45, 7) is 2.67. The van der Waals surface area contributed by atoms with Crippen molar-refractivity contribution in [1.82, 2.24) is 9.97 Å². The van der Waals surface area contributed by atoms with Crippen molar-refractivity contribution in [3.05, 3.63) is 83.7 Å². The number of amides is 1. The highest BCUT2D eigenvalue weighted by Crippen LogP contribution is 2.17. The van der Waals surface area contributed by atoms with E-state index in [1.54, 1.807) is 31.2 Å². The number of carbonyl (C=O) groups excluding carboxylic acids is 2. The summed E-state index contributed by atoms with van der Waals surface area (Å²) in [5, 5.41) is 5.84. The summed E-state index contributed by atoms with van der Waals surface area (Å²) in [4.78, 5) is 32.9. The number of benzene rings is 2. The molecule has 0 saturated carbocycles. The van der Waals surface area contributed by atoms with Crippen molar-refractivity contribution in [3.63, 3.8) is 0 Å². The van der Waals surface area contributed by atoms with Crippen LogP contribution in [0.1, 0.15) is 33.2 Å². The van der Waals surface area contributed by atoms with Gasteiger partial charge in [-0.2, -0.15) is 0 Å². The van der Waals surface area contributed by atoms with Crippen molar-refractivity contribution in [2.24, 2.45) is 0 Å². The Kier molecular flexibility index (Phi) is 6.89. The van der Waals surface area contributed by atoms with Gasteiger partial charge in [0.15, 0.2) is 0 Å². The first-order valence-electron chi connectivity index (χ1n) is 9.34. The number of aromatic nitrogens is 2. The van der Waals surface area contributed by atoms with E-state index in [4.69, 9.17) is 4.74 Å². The van der Waals surface area contributed by atoms with Gasteiger partial charge < -0.3 is 15.4 Å². The fraction of sp³-hybridized carbons (Fsp3) is 0.182. The molecule has 2 N–H and O–H groups in total. The van der Waals surface area contributed by atoms with E-state index >= 15 is 0 Å². The first-order valence-corrected chi connectivity index (χ1v) is 9.34. The maximum atomic E-state index is 12.5. The van der Waals surface area contributed by atoms with E-state index in [-0.39, 0.29) is 12.2 Å². The molecule has 0 aliphatic rings. The third kappa shape index (κ3) is 5.62. The Bertz CT molecular complexity index is 959. The summed E-state index contributed by atoms with van der Waals surface area (Å²) in [6, 6.07) is 16.8. The van der Waals surface area contributed by atoms with Crippen molar-refractivity contribution in [2.45, 2.75) is 13.3 Å². The lowest BCUT2D eigenvalue weighted by molar-refractivity contribution is 0.0527. The zero-order valence-corrected chi connectivity index (χ0v) is 16.1. The van der Waals surface area contributed by atoms with Gasteiger partial charge in [-0.05, 0) is 31.0 Å². The van der Waals surface area contributed by atoms with Gasteiger partial charge in [-0.25, -0.2) is 14.8 Å². The van der Waals surface area contributed by atoms with E-state index in [0.717, 1.165) is 6.42 Å². The van der Waals surface area contributed by atoms with Crippen LogP contribution in [-0.4, -0.2) is 35.0 Å². The highest BCUT2D eigenvalue weighted by atomic mass is 16.5. The summed E-state index contributed by atoms with van der Waals surface area (Å²) in [5.41, 5.74) is 2.18. The lowest BCUT2D eigenvalue weighted by Gasteiger charge is -2.10. The molecule has 7 heteroatoms. The normalized spacial score (nSPS) is 10.2. The van der Waals surface area contributed by atoms with Gasteiger partial charge in [-0.1, -0.05) is 42.5 Å². The zero-order valence-electron chi connectivity index (χ0n) is 16.1.